The van der Waals surface area contributed by atoms with Gasteiger partial charge in [-0.05, 0) is 31.9 Å². The molecule has 0 bridgehead atoms. The third kappa shape index (κ3) is 7.30. The van der Waals surface area contributed by atoms with Crippen molar-refractivity contribution in [2.45, 2.75) is 32.2 Å². The Hall–Kier alpha value is -1.06. The summed E-state index contributed by atoms with van der Waals surface area (Å²) in [5.41, 5.74) is 1.36. The fraction of sp³-hybridized carbons (Fsp3) is 0.500. The van der Waals surface area contributed by atoms with Gasteiger partial charge in [0.1, 0.15) is 0 Å². The molecule has 1 rings (SSSR count). The first-order chi connectivity index (χ1) is 8.22. The van der Waals surface area contributed by atoms with Gasteiger partial charge in [0.05, 0.1) is 13.5 Å². The van der Waals surface area contributed by atoms with Gasteiger partial charge in [-0.2, -0.15) is 0 Å². The molecule has 0 saturated carbocycles. The third-order valence-corrected chi connectivity index (χ3v) is 2.68. The first-order valence-electron chi connectivity index (χ1n) is 6.06. The van der Waals surface area contributed by atoms with Crippen molar-refractivity contribution in [3.8, 4) is 0 Å². The Labute approximate surface area is 115 Å². The van der Waals surface area contributed by atoms with Crippen LogP contribution >= 0.6 is 12.4 Å². The van der Waals surface area contributed by atoms with E-state index in [2.05, 4.69) is 34.3 Å². The molecule has 0 aliphatic carbocycles. The van der Waals surface area contributed by atoms with Crippen LogP contribution in [0, 0.1) is 0 Å². The molecule has 18 heavy (non-hydrogen) atoms. The first kappa shape index (κ1) is 16.9. The topological polar surface area (TPSA) is 38.3 Å². The summed E-state index contributed by atoms with van der Waals surface area (Å²) >= 11 is 0. The molecule has 0 radical (unpaired) electrons. The second-order valence-electron chi connectivity index (χ2n) is 4.22. The molecule has 4 heteroatoms. The molecule has 1 atom stereocenters. The van der Waals surface area contributed by atoms with E-state index in [1.807, 2.05) is 13.0 Å². The van der Waals surface area contributed by atoms with Crippen LogP contribution in [0.15, 0.2) is 30.3 Å². The van der Waals surface area contributed by atoms with Crippen LogP contribution in [0.5, 0.6) is 0 Å². The number of aryl methyl sites for hydroxylation is 1. The number of halogens is 1. The molecule has 1 unspecified atom stereocenters. The van der Waals surface area contributed by atoms with Crippen molar-refractivity contribution in [3.63, 3.8) is 0 Å². The fourth-order valence-electron chi connectivity index (χ4n) is 1.69. The summed E-state index contributed by atoms with van der Waals surface area (Å²) in [4.78, 5) is 11.0. The number of ether oxygens (including phenoxy) is 1. The minimum atomic E-state index is -0.159. The standard InChI is InChI=1S/C14H21NO2.ClH/c1-12(11-14(16)17-2)15-10-6-9-13-7-4-3-5-8-13;/h3-5,7-8,12,15H,6,9-11H2,1-2H3;1H. The molecule has 102 valence electrons. The van der Waals surface area contributed by atoms with E-state index in [9.17, 15) is 4.79 Å². The third-order valence-electron chi connectivity index (χ3n) is 2.68. The van der Waals surface area contributed by atoms with Crippen LogP contribution in [-0.4, -0.2) is 25.7 Å². The van der Waals surface area contributed by atoms with Gasteiger partial charge in [-0.15, -0.1) is 12.4 Å². The summed E-state index contributed by atoms with van der Waals surface area (Å²) in [6, 6.07) is 10.6. The Morgan fingerprint density at radius 2 is 2.00 bits per heavy atom. The van der Waals surface area contributed by atoms with Crippen LogP contribution in [-0.2, 0) is 16.0 Å². The van der Waals surface area contributed by atoms with Crippen molar-refractivity contribution < 1.29 is 9.53 Å². The van der Waals surface area contributed by atoms with Gasteiger partial charge >= 0.3 is 5.97 Å². The van der Waals surface area contributed by atoms with Gasteiger partial charge in [-0.1, -0.05) is 30.3 Å². The summed E-state index contributed by atoms with van der Waals surface area (Å²) < 4.78 is 4.62. The second-order valence-corrected chi connectivity index (χ2v) is 4.22. The number of rotatable bonds is 7. The molecular formula is C14H22ClNO2. The average molecular weight is 272 g/mol. The highest BCUT2D eigenvalue weighted by Gasteiger charge is 2.07. The molecular weight excluding hydrogens is 250 g/mol. The number of methoxy groups -OCH3 is 1. The maximum atomic E-state index is 11.0. The van der Waals surface area contributed by atoms with E-state index in [1.165, 1.54) is 12.7 Å². The van der Waals surface area contributed by atoms with Crippen LogP contribution in [0.3, 0.4) is 0 Å². The zero-order valence-electron chi connectivity index (χ0n) is 11.0. The lowest BCUT2D eigenvalue weighted by Crippen LogP contribution is -2.29. The van der Waals surface area contributed by atoms with Gasteiger partial charge in [-0.3, -0.25) is 4.79 Å². The number of nitrogens with one attached hydrogen (secondary N) is 1. The molecule has 0 spiro atoms. The normalized spacial score (nSPS) is 11.4. The molecule has 0 saturated heterocycles. The quantitative estimate of drug-likeness (QED) is 0.612. The Morgan fingerprint density at radius 1 is 1.33 bits per heavy atom. The predicted molar refractivity (Wildman–Crippen MR) is 76.1 cm³/mol. The van der Waals surface area contributed by atoms with Crippen molar-refractivity contribution in [3.05, 3.63) is 35.9 Å². The number of hydrogen-bond donors (Lipinski definition) is 1. The molecule has 1 aromatic rings. The minimum Gasteiger partial charge on any atom is -0.469 e. The van der Waals surface area contributed by atoms with Crippen LogP contribution in [0.25, 0.3) is 0 Å². The molecule has 1 N–H and O–H groups in total. The Bertz CT molecular complexity index is 330. The van der Waals surface area contributed by atoms with Crippen LogP contribution in [0.4, 0.5) is 0 Å². The van der Waals surface area contributed by atoms with Crippen molar-refractivity contribution in [2.24, 2.45) is 0 Å². The van der Waals surface area contributed by atoms with E-state index >= 15 is 0 Å². The Kier molecular flexibility index (Phi) is 9.33. The summed E-state index contributed by atoms with van der Waals surface area (Å²) in [5.74, 6) is -0.159. The number of esters is 1. The lowest BCUT2D eigenvalue weighted by Gasteiger charge is -2.12. The summed E-state index contributed by atoms with van der Waals surface area (Å²) in [5, 5.41) is 3.32. The highest BCUT2D eigenvalue weighted by atomic mass is 35.5. The molecule has 0 heterocycles. The SMILES string of the molecule is COC(=O)CC(C)NCCCc1ccccc1.Cl. The van der Waals surface area contributed by atoms with Crippen molar-refractivity contribution in [1.82, 2.24) is 5.32 Å². The summed E-state index contributed by atoms with van der Waals surface area (Å²) in [6.07, 6.45) is 2.58. The number of carbonyl (C=O) groups excluding carboxylic acids is 1. The van der Waals surface area contributed by atoms with Crippen molar-refractivity contribution in [1.29, 1.82) is 0 Å². The molecule has 1 aromatic carbocycles. The summed E-state index contributed by atoms with van der Waals surface area (Å²) in [7, 11) is 1.42. The zero-order valence-corrected chi connectivity index (χ0v) is 11.8. The van der Waals surface area contributed by atoms with E-state index in [0.717, 1.165) is 19.4 Å². The first-order valence-corrected chi connectivity index (χ1v) is 6.06. The second kappa shape index (κ2) is 9.92. The van der Waals surface area contributed by atoms with E-state index in [1.54, 1.807) is 0 Å². The van der Waals surface area contributed by atoms with Gasteiger partial charge in [0.25, 0.3) is 0 Å². The van der Waals surface area contributed by atoms with Gasteiger partial charge < -0.3 is 10.1 Å². The van der Waals surface area contributed by atoms with Gasteiger partial charge in [-0.25, -0.2) is 0 Å². The van der Waals surface area contributed by atoms with Crippen LogP contribution in [0.2, 0.25) is 0 Å². The summed E-state index contributed by atoms with van der Waals surface area (Å²) in [6.45, 7) is 2.92. The van der Waals surface area contributed by atoms with Crippen LogP contribution < -0.4 is 5.32 Å². The number of carbonyl (C=O) groups is 1. The highest BCUT2D eigenvalue weighted by Crippen LogP contribution is 2.02. The molecule has 0 aliphatic heterocycles. The molecule has 0 aliphatic rings. The van der Waals surface area contributed by atoms with Gasteiger partial charge in [0.2, 0.25) is 0 Å². The maximum Gasteiger partial charge on any atom is 0.307 e. The smallest absolute Gasteiger partial charge is 0.307 e. The lowest BCUT2D eigenvalue weighted by molar-refractivity contribution is -0.141. The molecule has 0 aromatic heterocycles. The predicted octanol–water partition coefficient (Wildman–Crippen LogP) is 2.58. The Morgan fingerprint density at radius 3 is 2.61 bits per heavy atom. The van der Waals surface area contributed by atoms with E-state index in [4.69, 9.17) is 0 Å². The maximum absolute atomic E-state index is 11.0. The van der Waals surface area contributed by atoms with E-state index < -0.39 is 0 Å². The number of hydrogen-bond acceptors (Lipinski definition) is 3. The largest absolute Gasteiger partial charge is 0.469 e. The molecule has 0 amide bonds. The minimum absolute atomic E-state index is 0. The van der Waals surface area contributed by atoms with E-state index in [-0.39, 0.29) is 24.4 Å². The monoisotopic (exact) mass is 271 g/mol. The van der Waals surface area contributed by atoms with Gasteiger partial charge in [0.15, 0.2) is 0 Å². The van der Waals surface area contributed by atoms with Crippen molar-refractivity contribution in [2.75, 3.05) is 13.7 Å². The molecule has 0 fully saturated rings. The molecule has 3 nitrogen and oxygen atoms in total. The van der Waals surface area contributed by atoms with Gasteiger partial charge in [0, 0.05) is 6.04 Å². The van der Waals surface area contributed by atoms with Crippen molar-refractivity contribution >= 4 is 18.4 Å². The average Bonchev–Trinajstić information content (AvgIpc) is 2.36. The fourth-order valence-corrected chi connectivity index (χ4v) is 1.69. The lowest BCUT2D eigenvalue weighted by atomic mass is 10.1. The highest BCUT2D eigenvalue weighted by molar-refractivity contribution is 5.85. The Balaban J connectivity index is 0.00000289. The zero-order chi connectivity index (χ0) is 12.5. The number of benzene rings is 1. The van der Waals surface area contributed by atoms with E-state index in [0.29, 0.717) is 6.42 Å². The van der Waals surface area contributed by atoms with Crippen LogP contribution in [0.1, 0.15) is 25.3 Å².